The standard InChI is InChI=1S/C11H10N4O3S/c16-10(17)9(7-4-2-1-3-5-7)14-11(18)13-8-6-12-15-19-8/h1-6,9H,(H,16,17)(H2,13,14,18)/t9-/m1/s1. The average Bonchev–Trinajstić information content (AvgIpc) is 2.89. The minimum atomic E-state index is -1.14. The van der Waals surface area contributed by atoms with Gasteiger partial charge in [-0.15, -0.1) is 5.10 Å². The Morgan fingerprint density at radius 1 is 1.26 bits per heavy atom. The summed E-state index contributed by atoms with van der Waals surface area (Å²) in [6.45, 7) is 0. The van der Waals surface area contributed by atoms with E-state index in [1.807, 2.05) is 0 Å². The van der Waals surface area contributed by atoms with Crippen molar-refractivity contribution in [2.45, 2.75) is 6.04 Å². The third kappa shape index (κ3) is 3.49. The second kappa shape index (κ2) is 5.91. The van der Waals surface area contributed by atoms with E-state index in [4.69, 9.17) is 5.11 Å². The van der Waals surface area contributed by atoms with Gasteiger partial charge in [-0.05, 0) is 5.56 Å². The Labute approximate surface area is 112 Å². The van der Waals surface area contributed by atoms with Gasteiger partial charge in [0.25, 0.3) is 0 Å². The molecule has 0 fully saturated rings. The van der Waals surface area contributed by atoms with Crippen LogP contribution in [0.4, 0.5) is 9.80 Å². The number of nitrogens with one attached hydrogen (secondary N) is 2. The van der Waals surface area contributed by atoms with Crippen molar-refractivity contribution in [3.63, 3.8) is 0 Å². The summed E-state index contributed by atoms with van der Waals surface area (Å²) in [7, 11) is 0. The van der Waals surface area contributed by atoms with Crippen LogP contribution in [0.5, 0.6) is 0 Å². The van der Waals surface area contributed by atoms with Gasteiger partial charge in [-0.1, -0.05) is 34.8 Å². The van der Waals surface area contributed by atoms with Gasteiger partial charge in [0, 0.05) is 11.5 Å². The molecule has 0 radical (unpaired) electrons. The van der Waals surface area contributed by atoms with Gasteiger partial charge in [-0.3, -0.25) is 5.32 Å². The van der Waals surface area contributed by atoms with Gasteiger partial charge in [-0.2, -0.15) is 0 Å². The molecule has 0 saturated heterocycles. The number of carbonyl (C=O) groups is 2. The first-order valence-electron chi connectivity index (χ1n) is 5.29. The van der Waals surface area contributed by atoms with E-state index in [1.165, 1.54) is 6.20 Å². The van der Waals surface area contributed by atoms with E-state index < -0.39 is 18.0 Å². The Balaban J connectivity index is 2.05. The molecule has 8 heteroatoms. The molecule has 1 atom stereocenters. The molecule has 1 aromatic carbocycles. The topological polar surface area (TPSA) is 104 Å². The molecule has 0 aliphatic heterocycles. The summed E-state index contributed by atoms with van der Waals surface area (Å²) in [5, 5.41) is 18.0. The molecule has 2 amide bonds. The van der Waals surface area contributed by atoms with Gasteiger partial charge < -0.3 is 10.4 Å². The molecule has 2 aromatic rings. The number of hydrogen-bond donors (Lipinski definition) is 3. The van der Waals surface area contributed by atoms with Gasteiger partial charge in [0.1, 0.15) is 5.00 Å². The molecule has 3 N–H and O–H groups in total. The maximum Gasteiger partial charge on any atom is 0.330 e. The highest BCUT2D eigenvalue weighted by Gasteiger charge is 2.21. The molecule has 7 nitrogen and oxygen atoms in total. The predicted octanol–water partition coefficient (Wildman–Crippen LogP) is 1.49. The molecule has 0 unspecified atom stereocenters. The van der Waals surface area contributed by atoms with Gasteiger partial charge in [0.05, 0.1) is 6.20 Å². The fraction of sp³-hybridized carbons (Fsp3) is 0.0909. The van der Waals surface area contributed by atoms with Crippen molar-refractivity contribution in [2.24, 2.45) is 0 Å². The summed E-state index contributed by atoms with van der Waals surface area (Å²) >= 11 is 1.00. The Bertz CT molecular complexity index is 559. The van der Waals surface area contributed by atoms with Crippen LogP contribution in [-0.2, 0) is 4.79 Å². The second-order valence-corrected chi connectivity index (χ2v) is 4.35. The van der Waals surface area contributed by atoms with E-state index >= 15 is 0 Å². The first-order valence-corrected chi connectivity index (χ1v) is 6.07. The minimum absolute atomic E-state index is 0.440. The van der Waals surface area contributed by atoms with E-state index in [2.05, 4.69) is 20.2 Å². The molecular formula is C11H10N4O3S. The number of rotatable bonds is 4. The Morgan fingerprint density at radius 2 is 2.00 bits per heavy atom. The maximum atomic E-state index is 11.7. The molecule has 0 aliphatic rings. The molecular weight excluding hydrogens is 268 g/mol. The zero-order valence-corrected chi connectivity index (χ0v) is 10.4. The van der Waals surface area contributed by atoms with E-state index in [9.17, 15) is 9.59 Å². The van der Waals surface area contributed by atoms with Gasteiger partial charge in [0.2, 0.25) is 0 Å². The fourth-order valence-electron chi connectivity index (χ4n) is 1.43. The van der Waals surface area contributed by atoms with Crippen molar-refractivity contribution in [1.82, 2.24) is 14.9 Å². The summed E-state index contributed by atoms with van der Waals surface area (Å²) in [5.74, 6) is -1.14. The lowest BCUT2D eigenvalue weighted by Crippen LogP contribution is -2.36. The third-order valence-electron chi connectivity index (χ3n) is 2.25. The average molecular weight is 278 g/mol. The van der Waals surface area contributed by atoms with E-state index in [0.29, 0.717) is 10.6 Å². The minimum Gasteiger partial charge on any atom is -0.479 e. The zero-order chi connectivity index (χ0) is 13.7. The van der Waals surface area contributed by atoms with Crippen LogP contribution in [-0.4, -0.2) is 26.7 Å². The highest BCUT2D eigenvalue weighted by molar-refractivity contribution is 7.10. The van der Waals surface area contributed by atoms with Crippen molar-refractivity contribution >= 4 is 28.5 Å². The molecule has 0 saturated carbocycles. The van der Waals surface area contributed by atoms with E-state index in [-0.39, 0.29) is 0 Å². The number of urea groups is 1. The van der Waals surface area contributed by atoms with Gasteiger partial charge >= 0.3 is 12.0 Å². The van der Waals surface area contributed by atoms with Crippen LogP contribution < -0.4 is 10.6 Å². The number of amides is 2. The number of aliphatic carboxylic acids is 1. The lowest BCUT2D eigenvalue weighted by molar-refractivity contribution is -0.139. The number of carboxylic acid groups (broad SMARTS) is 1. The second-order valence-electron chi connectivity index (χ2n) is 3.56. The van der Waals surface area contributed by atoms with Gasteiger partial charge in [-0.25, -0.2) is 9.59 Å². The van der Waals surface area contributed by atoms with Crippen LogP contribution >= 0.6 is 11.5 Å². The molecule has 1 aromatic heterocycles. The van der Waals surface area contributed by atoms with Crippen molar-refractivity contribution < 1.29 is 14.7 Å². The van der Waals surface area contributed by atoms with Gasteiger partial charge in [0.15, 0.2) is 6.04 Å². The molecule has 1 heterocycles. The van der Waals surface area contributed by atoms with Crippen molar-refractivity contribution in [3.8, 4) is 0 Å². The number of carbonyl (C=O) groups excluding carboxylic acids is 1. The summed E-state index contributed by atoms with van der Waals surface area (Å²) < 4.78 is 3.58. The third-order valence-corrected chi connectivity index (χ3v) is 2.83. The molecule has 0 spiro atoms. The first kappa shape index (κ1) is 13.0. The Hall–Kier alpha value is -2.48. The number of anilines is 1. The van der Waals surface area contributed by atoms with Crippen LogP contribution in [0.1, 0.15) is 11.6 Å². The summed E-state index contributed by atoms with van der Waals surface area (Å²) in [4.78, 5) is 22.8. The highest BCUT2D eigenvalue weighted by atomic mass is 32.1. The van der Waals surface area contributed by atoms with Crippen molar-refractivity contribution in [1.29, 1.82) is 0 Å². The predicted molar refractivity (Wildman–Crippen MR) is 68.9 cm³/mol. The maximum absolute atomic E-state index is 11.7. The normalized spacial score (nSPS) is 11.6. The Morgan fingerprint density at radius 3 is 2.58 bits per heavy atom. The number of carboxylic acids is 1. The van der Waals surface area contributed by atoms with Crippen LogP contribution in [0.25, 0.3) is 0 Å². The SMILES string of the molecule is O=C(Nc1cnns1)N[C@@H](C(=O)O)c1ccccc1. The largest absolute Gasteiger partial charge is 0.479 e. The number of aromatic nitrogens is 2. The highest BCUT2D eigenvalue weighted by Crippen LogP contribution is 2.14. The summed E-state index contributed by atoms with van der Waals surface area (Å²) in [6, 6.07) is 6.71. The number of benzene rings is 1. The van der Waals surface area contributed by atoms with Crippen molar-refractivity contribution in [3.05, 3.63) is 42.1 Å². The first-order chi connectivity index (χ1) is 9.16. The quantitative estimate of drug-likeness (QED) is 0.786. The Kier molecular flexibility index (Phi) is 4.04. The van der Waals surface area contributed by atoms with Crippen molar-refractivity contribution in [2.75, 3.05) is 5.32 Å². The monoisotopic (exact) mass is 278 g/mol. The smallest absolute Gasteiger partial charge is 0.330 e. The van der Waals surface area contributed by atoms with Crippen LogP contribution in [0.3, 0.4) is 0 Å². The lowest BCUT2D eigenvalue weighted by Gasteiger charge is -2.14. The number of hydrogen-bond acceptors (Lipinski definition) is 5. The lowest BCUT2D eigenvalue weighted by atomic mass is 10.1. The molecule has 98 valence electrons. The number of nitrogens with zero attached hydrogens (tertiary/aromatic N) is 2. The molecule has 2 rings (SSSR count). The summed E-state index contributed by atoms with van der Waals surface area (Å²) in [6.07, 6.45) is 1.38. The van der Waals surface area contributed by atoms with E-state index in [0.717, 1.165) is 11.5 Å². The fourth-order valence-corrected chi connectivity index (χ4v) is 1.85. The zero-order valence-electron chi connectivity index (χ0n) is 9.61. The molecule has 19 heavy (non-hydrogen) atoms. The van der Waals surface area contributed by atoms with Crippen LogP contribution in [0.2, 0.25) is 0 Å². The van der Waals surface area contributed by atoms with Crippen LogP contribution in [0, 0.1) is 0 Å². The van der Waals surface area contributed by atoms with Crippen LogP contribution in [0.15, 0.2) is 36.5 Å². The van der Waals surface area contributed by atoms with E-state index in [1.54, 1.807) is 30.3 Å². The molecule has 0 aliphatic carbocycles. The molecule has 0 bridgehead atoms. The summed E-state index contributed by atoms with van der Waals surface area (Å²) in [5.41, 5.74) is 0.493.